The summed E-state index contributed by atoms with van der Waals surface area (Å²) >= 11 is 0. The third-order valence-electron chi connectivity index (χ3n) is 7.57. The molecule has 2 saturated heterocycles. The van der Waals surface area contributed by atoms with Gasteiger partial charge in [0, 0.05) is 47.2 Å². The number of rotatable bonds is 4. The predicted octanol–water partition coefficient (Wildman–Crippen LogP) is 5.20. The van der Waals surface area contributed by atoms with E-state index < -0.39 is 12.1 Å². The molecule has 7 nitrogen and oxygen atoms in total. The van der Waals surface area contributed by atoms with Gasteiger partial charge in [-0.15, -0.1) is 0 Å². The van der Waals surface area contributed by atoms with Crippen molar-refractivity contribution in [3.05, 3.63) is 59.2 Å². The van der Waals surface area contributed by atoms with E-state index in [9.17, 15) is 14.3 Å². The number of aromatic nitrogens is 3. The van der Waals surface area contributed by atoms with E-state index in [-0.39, 0.29) is 17.7 Å². The summed E-state index contributed by atoms with van der Waals surface area (Å²) in [6, 6.07) is 9.56. The SMILES string of the molecule is Cc1cc(-n2c(C3CCOCC3)c(C3CCC(C(=O)O)OC3)c3cc4[nH]ncc4cc32)ccc1F. The largest absolute Gasteiger partial charge is 0.479 e. The van der Waals surface area contributed by atoms with Gasteiger partial charge in [-0.3, -0.25) is 5.10 Å². The molecule has 2 N–H and O–H groups in total. The van der Waals surface area contributed by atoms with Crippen LogP contribution in [-0.4, -0.2) is 51.8 Å². The summed E-state index contributed by atoms with van der Waals surface area (Å²) in [7, 11) is 0. The first kappa shape index (κ1) is 22.2. The number of benzene rings is 2. The Morgan fingerprint density at radius 2 is 1.97 bits per heavy atom. The lowest BCUT2D eigenvalue weighted by atomic mass is 9.84. The highest BCUT2D eigenvalue weighted by Crippen LogP contribution is 2.45. The van der Waals surface area contributed by atoms with Crippen molar-refractivity contribution >= 4 is 27.8 Å². The van der Waals surface area contributed by atoms with Crippen LogP contribution in [0, 0.1) is 12.7 Å². The molecule has 0 bridgehead atoms. The molecule has 0 spiro atoms. The molecule has 0 saturated carbocycles. The van der Waals surface area contributed by atoms with Crippen molar-refractivity contribution in [3.63, 3.8) is 0 Å². The molecule has 35 heavy (non-hydrogen) atoms. The summed E-state index contributed by atoms with van der Waals surface area (Å²) in [4.78, 5) is 11.5. The lowest BCUT2D eigenvalue weighted by Gasteiger charge is -2.31. The third-order valence-corrected chi connectivity index (χ3v) is 7.57. The monoisotopic (exact) mass is 477 g/mol. The Hall–Kier alpha value is -3.23. The van der Waals surface area contributed by atoms with Gasteiger partial charge in [-0.2, -0.15) is 5.10 Å². The smallest absolute Gasteiger partial charge is 0.332 e. The average molecular weight is 478 g/mol. The Morgan fingerprint density at radius 1 is 1.14 bits per heavy atom. The topological polar surface area (TPSA) is 89.4 Å². The molecule has 0 radical (unpaired) electrons. The maximum absolute atomic E-state index is 14.2. The number of carboxylic acids is 1. The van der Waals surface area contributed by atoms with Crippen molar-refractivity contribution < 1.29 is 23.8 Å². The molecule has 4 aromatic rings. The number of fused-ring (bicyclic) bond motifs is 2. The summed E-state index contributed by atoms with van der Waals surface area (Å²) in [6.45, 7) is 3.53. The zero-order chi connectivity index (χ0) is 24.1. The van der Waals surface area contributed by atoms with Gasteiger partial charge in [0.25, 0.3) is 0 Å². The second-order valence-corrected chi connectivity index (χ2v) is 9.72. The minimum Gasteiger partial charge on any atom is -0.479 e. The zero-order valence-electron chi connectivity index (χ0n) is 19.6. The molecule has 182 valence electrons. The number of nitrogens with one attached hydrogen (secondary N) is 1. The number of hydrogen-bond acceptors (Lipinski definition) is 4. The number of H-pyrrole nitrogens is 1. The van der Waals surface area contributed by atoms with Crippen LogP contribution in [0.25, 0.3) is 27.5 Å². The van der Waals surface area contributed by atoms with Gasteiger partial charge < -0.3 is 19.1 Å². The minimum atomic E-state index is -0.906. The van der Waals surface area contributed by atoms with Crippen LogP contribution < -0.4 is 0 Å². The maximum atomic E-state index is 14.2. The molecule has 8 heteroatoms. The number of aromatic amines is 1. The predicted molar refractivity (Wildman–Crippen MR) is 130 cm³/mol. The van der Waals surface area contributed by atoms with Gasteiger partial charge in [-0.1, -0.05) is 0 Å². The van der Waals surface area contributed by atoms with E-state index in [1.807, 2.05) is 18.3 Å². The maximum Gasteiger partial charge on any atom is 0.332 e. The summed E-state index contributed by atoms with van der Waals surface area (Å²) in [5, 5.41) is 18.9. The highest BCUT2D eigenvalue weighted by atomic mass is 19.1. The van der Waals surface area contributed by atoms with E-state index in [0.717, 1.165) is 46.8 Å². The quantitative estimate of drug-likeness (QED) is 0.422. The summed E-state index contributed by atoms with van der Waals surface area (Å²) < 4.78 is 28.0. The summed E-state index contributed by atoms with van der Waals surface area (Å²) in [5.41, 5.74) is 5.92. The van der Waals surface area contributed by atoms with Gasteiger partial charge in [0.2, 0.25) is 0 Å². The number of carbonyl (C=O) groups is 1. The van der Waals surface area contributed by atoms with Crippen molar-refractivity contribution in [1.82, 2.24) is 14.8 Å². The fourth-order valence-electron chi connectivity index (χ4n) is 5.79. The fraction of sp³-hybridized carbons (Fsp3) is 0.407. The van der Waals surface area contributed by atoms with E-state index in [0.29, 0.717) is 31.8 Å². The van der Waals surface area contributed by atoms with Crippen molar-refractivity contribution in [2.75, 3.05) is 19.8 Å². The number of nitrogens with zero attached hydrogens (tertiary/aromatic N) is 2. The number of hydrogen-bond donors (Lipinski definition) is 2. The first-order valence-corrected chi connectivity index (χ1v) is 12.2. The molecule has 2 aromatic carbocycles. The molecule has 2 aliphatic rings. The lowest BCUT2D eigenvalue weighted by Crippen LogP contribution is -2.31. The average Bonchev–Trinajstić information content (AvgIpc) is 3.46. The van der Waals surface area contributed by atoms with E-state index in [2.05, 4.69) is 26.9 Å². The molecule has 2 fully saturated rings. The highest BCUT2D eigenvalue weighted by molar-refractivity contribution is 5.99. The van der Waals surface area contributed by atoms with Gasteiger partial charge in [0.1, 0.15) is 5.82 Å². The van der Waals surface area contributed by atoms with Crippen LogP contribution in [0.15, 0.2) is 36.5 Å². The molecular formula is C27H28FN3O4. The second kappa shape index (κ2) is 8.77. The van der Waals surface area contributed by atoms with E-state index in [1.54, 1.807) is 6.92 Å². The number of halogens is 1. The van der Waals surface area contributed by atoms with Crippen molar-refractivity contribution in [1.29, 1.82) is 0 Å². The van der Waals surface area contributed by atoms with Gasteiger partial charge in [0.05, 0.1) is 23.8 Å². The summed E-state index contributed by atoms with van der Waals surface area (Å²) in [6.07, 6.45) is 4.06. The fourth-order valence-corrected chi connectivity index (χ4v) is 5.79. The Bertz CT molecular complexity index is 1410. The Kier molecular flexibility index (Phi) is 5.57. The minimum absolute atomic E-state index is 0.0640. The third kappa shape index (κ3) is 3.81. The van der Waals surface area contributed by atoms with E-state index in [4.69, 9.17) is 9.47 Å². The van der Waals surface area contributed by atoms with Gasteiger partial charge >= 0.3 is 5.97 Å². The van der Waals surface area contributed by atoms with E-state index in [1.165, 1.54) is 17.3 Å². The number of aryl methyl sites for hydroxylation is 1. The van der Waals surface area contributed by atoms with Gasteiger partial charge in [-0.25, -0.2) is 9.18 Å². The summed E-state index contributed by atoms with van der Waals surface area (Å²) in [5.74, 6) is -0.800. The molecule has 6 rings (SSSR count). The zero-order valence-corrected chi connectivity index (χ0v) is 19.6. The van der Waals surface area contributed by atoms with Crippen LogP contribution >= 0.6 is 0 Å². The molecule has 2 aromatic heterocycles. The van der Waals surface area contributed by atoms with Gasteiger partial charge in [-0.05, 0) is 74.1 Å². The number of aliphatic carboxylic acids is 1. The van der Waals surface area contributed by atoms with Crippen LogP contribution in [0.5, 0.6) is 0 Å². The highest BCUT2D eigenvalue weighted by Gasteiger charge is 2.35. The first-order chi connectivity index (χ1) is 17.0. The Labute approximate surface area is 201 Å². The van der Waals surface area contributed by atoms with Crippen LogP contribution in [0.1, 0.15) is 54.3 Å². The molecule has 0 aliphatic carbocycles. The van der Waals surface area contributed by atoms with Crippen LogP contribution in [0.4, 0.5) is 4.39 Å². The molecule has 2 atom stereocenters. The van der Waals surface area contributed by atoms with Crippen LogP contribution in [0.3, 0.4) is 0 Å². The first-order valence-electron chi connectivity index (χ1n) is 12.2. The van der Waals surface area contributed by atoms with Crippen molar-refractivity contribution in [2.45, 2.75) is 50.5 Å². The number of carboxylic acid groups (broad SMARTS) is 1. The second-order valence-electron chi connectivity index (χ2n) is 9.72. The van der Waals surface area contributed by atoms with Crippen LogP contribution in [-0.2, 0) is 14.3 Å². The number of ether oxygens (including phenoxy) is 2. The standard InChI is InChI=1S/C27H28FN3O4/c1-15-10-19(3-4-21(15)28)31-23-11-18-13-29-30-22(18)12-20(23)25(26(31)16-6-8-34-9-7-16)17-2-5-24(27(32)33)35-14-17/h3-4,10-13,16-17,24H,2,5-9,14H2,1H3,(H,29,30)(H,32,33). The molecule has 0 amide bonds. The molecular weight excluding hydrogens is 449 g/mol. The van der Waals surface area contributed by atoms with Crippen molar-refractivity contribution in [3.8, 4) is 5.69 Å². The molecule has 2 unspecified atom stereocenters. The Morgan fingerprint density at radius 3 is 2.69 bits per heavy atom. The van der Waals surface area contributed by atoms with Crippen LogP contribution in [0.2, 0.25) is 0 Å². The molecule has 2 aliphatic heterocycles. The molecule has 4 heterocycles. The Balaban J connectivity index is 1.62. The van der Waals surface area contributed by atoms with Crippen molar-refractivity contribution in [2.24, 2.45) is 0 Å². The van der Waals surface area contributed by atoms with Gasteiger partial charge in [0.15, 0.2) is 6.10 Å². The van der Waals surface area contributed by atoms with E-state index >= 15 is 0 Å². The normalized spacial score (nSPS) is 21.7. The lowest BCUT2D eigenvalue weighted by molar-refractivity contribution is -0.153.